The molecule has 1 fully saturated rings. The molecule has 3 N–H and O–H groups in total. The van der Waals surface area contributed by atoms with Gasteiger partial charge in [-0.1, -0.05) is 31.4 Å². The molecule has 1 aromatic carbocycles. The van der Waals surface area contributed by atoms with Crippen molar-refractivity contribution in [3.63, 3.8) is 0 Å². The Morgan fingerprint density at radius 3 is 2.38 bits per heavy atom. The minimum absolute atomic E-state index is 0.0370. The molecule has 118 valence electrons. The Labute approximate surface area is 122 Å². The van der Waals surface area contributed by atoms with E-state index in [2.05, 4.69) is 10.1 Å². The van der Waals surface area contributed by atoms with Crippen LogP contribution in [0.4, 0.5) is 13.2 Å². The zero-order valence-electron chi connectivity index (χ0n) is 11.8. The Bertz CT molecular complexity index is 430. The maximum absolute atomic E-state index is 12.1. The summed E-state index contributed by atoms with van der Waals surface area (Å²) in [6.45, 7) is 1.29. The topological polar surface area (TPSA) is 47.3 Å². The average molecular weight is 302 g/mol. The molecule has 1 aliphatic carbocycles. The number of benzene rings is 1. The third kappa shape index (κ3) is 5.21. The summed E-state index contributed by atoms with van der Waals surface area (Å²) < 4.78 is 40.1. The number of rotatable bonds is 7. The monoisotopic (exact) mass is 302 g/mol. The minimum Gasteiger partial charge on any atom is -0.406 e. The highest BCUT2D eigenvalue weighted by molar-refractivity contribution is 5.29. The van der Waals surface area contributed by atoms with Crippen molar-refractivity contribution < 1.29 is 17.9 Å². The lowest BCUT2D eigenvalue weighted by molar-refractivity contribution is -0.274. The maximum atomic E-state index is 12.1. The SMILES string of the molecule is NCC(NCCC1CCC1)c1ccc(OC(F)(F)F)cc1. The molecular weight excluding hydrogens is 281 g/mol. The molecule has 21 heavy (non-hydrogen) atoms. The molecule has 6 heteroatoms. The summed E-state index contributed by atoms with van der Waals surface area (Å²) in [6, 6.07) is 5.84. The summed E-state index contributed by atoms with van der Waals surface area (Å²) in [5, 5.41) is 3.36. The van der Waals surface area contributed by atoms with E-state index < -0.39 is 6.36 Å². The van der Waals surface area contributed by atoms with Gasteiger partial charge in [-0.05, 0) is 36.6 Å². The van der Waals surface area contributed by atoms with Crippen molar-refractivity contribution in [2.75, 3.05) is 13.1 Å². The first kappa shape index (κ1) is 16.1. The predicted octanol–water partition coefficient (Wildman–Crippen LogP) is 3.36. The molecule has 1 atom stereocenters. The van der Waals surface area contributed by atoms with E-state index in [9.17, 15) is 13.2 Å². The molecule has 0 saturated heterocycles. The Hall–Kier alpha value is -1.27. The predicted molar refractivity (Wildman–Crippen MR) is 74.9 cm³/mol. The van der Waals surface area contributed by atoms with E-state index in [0.717, 1.165) is 24.4 Å². The van der Waals surface area contributed by atoms with E-state index in [0.29, 0.717) is 6.54 Å². The van der Waals surface area contributed by atoms with E-state index in [1.807, 2.05) is 0 Å². The summed E-state index contributed by atoms with van der Waals surface area (Å²) in [4.78, 5) is 0. The number of hydrogen-bond acceptors (Lipinski definition) is 3. The number of nitrogens with one attached hydrogen (secondary N) is 1. The van der Waals surface area contributed by atoms with Crippen LogP contribution in [0.3, 0.4) is 0 Å². The first-order chi connectivity index (χ1) is 9.98. The molecule has 0 radical (unpaired) electrons. The van der Waals surface area contributed by atoms with Gasteiger partial charge >= 0.3 is 6.36 Å². The minimum atomic E-state index is -4.66. The van der Waals surface area contributed by atoms with Gasteiger partial charge in [0, 0.05) is 12.6 Å². The fraction of sp³-hybridized carbons (Fsp3) is 0.600. The van der Waals surface area contributed by atoms with Gasteiger partial charge < -0.3 is 15.8 Å². The van der Waals surface area contributed by atoms with Gasteiger partial charge in [-0.25, -0.2) is 0 Å². The molecule has 0 amide bonds. The molecule has 0 heterocycles. The van der Waals surface area contributed by atoms with Gasteiger partial charge in [0.25, 0.3) is 0 Å². The van der Waals surface area contributed by atoms with Crippen molar-refractivity contribution in [3.05, 3.63) is 29.8 Å². The summed E-state index contributed by atoms with van der Waals surface area (Å²) in [7, 11) is 0. The Morgan fingerprint density at radius 1 is 1.24 bits per heavy atom. The molecule has 1 aromatic rings. The third-order valence-corrected chi connectivity index (χ3v) is 3.92. The molecule has 3 nitrogen and oxygen atoms in total. The number of hydrogen-bond donors (Lipinski definition) is 2. The van der Waals surface area contributed by atoms with Crippen LogP contribution >= 0.6 is 0 Å². The second kappa shape index (κ2) is 7.13. The standard InChI is InChI=1S/C15H21F3N2O/c16-15(17,18)21-13-6-4-12(5-7-13)14(10-19)20-9-8-11-2-1-3-11/h4-7,11,14,20H,1-3,8-10,19H2. The van der Waals surface area contributed by atoms with Crippen molar-refractivity contribution in [3.8, 4) is 5.75 Å². The fourth-order valence-corrected chi connectivity index (χ4v) is 2.48. The van der Waals surface area contributed by atoms with Gasteiger partial charge in [0.2, 0.25) is 0 Å². The zero-order valence-corrected chi connectivity index (χ0v) is 11.8. The highest BCUT2D eigenvalue weighted by Gasteiger charge is 2.31. The average Bonchev–Trinajstić information content (AvgIpc) is 2.36. The highest BCUT2D eigenvalue weighted by Crippen LogP contribution is 2.29. The van der Waals surface area contributed by atoms with Crippen LogP contribution in [0.2, 0.25) is 0 Å². The summed E-state index contributed by atoms with van der Waals surface area (Å²) in [5.74, 6) is 0.606. The van der Waals surface area contributed by atoms with Crippen molar-refractivity contribution >= 4 is 0 Å². The highest BCUT2D eigenvalue weighted by atomic mass is 19.4. The maximum Gasteiger partial charge on any atom is 0.573 e. The van der Waals surface area contributed by atoms with Crippen LogP contribution in [-0.4, -0.2) is 19.5 Å². The molecule has 0 spiro atoms. The van der Waals surface area contributed by atoms with Crippen LogP contribution in [0.15, 0.2) is 24.3 Å². The molecule has 0 aromatic heterocycles. The van der Waals surface area contributed by atoms with Crippen molar-refractivity contribution in [2.45, 2.75) is 38.1 Å². The van der Waals surface area contributed by atoms with Gasteiger partial charge in [-0.3, -0.25) is 0 Å². The van der Waals surface area contributed by atoms with E-state index in [4.69, 9.17) is 5.73 Å². The van der Waals surface area contributed by atoms with Crippen LogP contribution in [0, 0.1) is 5.92 Å². The lowest BCUT2D eigenvalue weighted by atomic mass is 9.83. The zero-order chi connectivity index (χ0) is 15.3. The van der Waals surface area contributed by atoms with Crippen LogP contribution in [0.1, 0.15) is 37.3 Å². The van der Waals surface area contributed by atoms with Crippen molar-refractivity contribution in [1.82, 2.24) is 5.32 Å². The molecule has 1 aliphatic rings. The van der Waals surface area contributed by atoms with Crippen LogP contribution in [0.5, 0.6) is 5.75 Å². The number of alkyl halides is 3. The van der Waals surface area contributed by atoms with Gasteiger partial charge in [0.1, 0.15) is 5.75 Å². The quantitative estimate of drug-likeness (QED) is 0.812. The molecule has 0 bridgehead atoms. The van der Waals surface area contributed by atoms with E-state index in [1.165, 1.54) is 31.4 Å². The van der Waals surface area contributed by atoms with Crippen molar-refractivity contribution in [2.24, 2.45) is 11.7 Å². The number of ether oxygens (including phenoxy) is 1. The summed E-state index contributed by atoms with van der Waals surface area (Å²) in [6.07, 6.45) is 0.407. The first-order valence-corrected chi connectivity index (χ1v) is 7.27. The molecule has 1 unspecified atom stereocenters. The second-order valence-electron chi connectivity index (χ2n) is 5.44. The Morgan fingerprint density at radius 2 is 1.90 bits per heavy atom. The van der Waals surface area contributed by atoms with Gasteiger partial charge in [-0.2, -0.15) is 0 Å². The number of nitrogens with two attached hydrogens (primary N) is 1. The Balaban J connectivity index is 1.85. The largest absolute Gasteiger partial charge is 0.573 e. The molecular formula is C15H21F3N2O. The molecule has 0 aliphatic heterocycles. The third-order valence-electron chi connectivity index (χ3n) is 3.92. The summed E-state index contributed by atoms with van der Waals surface area (Å²) >= 11 is 0. The normalized spacial score (nSPS) is 17.3. The van der Waals surface area contributed by atoms with Gasteiger partial charge in [0.05, 0.1) is 0 Å². The van der Waals surface area contributed by atoms with Crippen LogP contribution < -0.4 is 15.8 Å². The lowest BCUT2D eigenvalue weighted by Crippen LogP contribution is -2.30. The second-order valence-corrected chi connectivity index (χ2v) is 5.44. The van der Waals surface area contributed by atoms with E-state index >= 15 is 0 Å². The van der Waals surface area contributed by atoms with E-state index in [-0.39, 0.29) is 11.8 Å². The summed E-state index contributed by atoms with van der Waals surface area (Å²) in [5.41, 5.74) is 6.61. The number of halogens is 3. The van der Waals surface area contributed by atoms with Crippen LogP contribution in [-0.2, 0) is 0 Å². The van der Waals surface area contributed by atoms with Crippen molar-refractivity contribution in [1.29, 1.82) is 0 Å². The Kier molecular flexibility index (Phi) is 5.47. The van der Waals surface area contributed by atoms with Gasteiger partial charge in [0.15, 0.2) is 0 Å². The van der Waals surface area contributed by atoms with Crippen LogP contribution in [0.25, 0.3) is 0 Å². The smallest absolute Gasteiger partial charge is 0.406 e. The first-order valence-electron chi connectivity index (χ1n) is 7.27. The van der Waals surface area contributed by atoms with E-state index in [1.54, 1.807) is 12.1 Å². The van der Waals surface area contributed by atoms with Gasteiger partial charge in [-0.15, -0.1) is 13.2 Å². The lowest BCUT2D eigenvalue weighted by Gasteiger charge is -2.26. The fourth-order valence-electron chi connectivity index (χ4n) is 2.48. The molecule has 2 rings (SSSR count). The molecule has 1 saturated carbocycles.